The van der Waals surface area contributed by atoms with E-state index >= 15 is 0 Å². The number of ether oxygens (including phenoxy) is 1. The lowest BCUT2D eigenvalue weighted by Crippen LogP contribution is -2.38. The van der Waals surface area contributed by atoms with Gasteiger partial charge in [0.05, 0.1) is 0 Å². The fourth-order valence-electron chi connectivity index (χ4n) is 1.37. The van der Waals surface area contributed by atoms with Crippen LogP contribution in [0.3, 0.4) is 0 Å². The Morgan fingerprint density at radius 2 is 1.73 bits per heavy atom. The average Bonchev–Trinajstić information content (AvgIpc) is 1.99. The van der Waals surface area contributed by atoms with Crippen LogP contribution in [0.1, 0.15) is 13.8 Å². The highest BCUT2D eigenvalue weighted by atomic mass is 19.1. The van der Waals surface area contributed by atoms with Crippen molar-refractivity contribution in [2.24, 2.45) is 0 Å². The summed E-state index contributed by atoms with van der Waals surface area (Å²) >= 11 is 0. The summed E-state index contributed by atoms with van der Waals surface area (Å²) in [4.78, 5) is 0. The summed E-state index contributed by atoms with van der Waals surface area (Å²) in [5.41, 5.74) is -0.505. The number of hydrogen-bond donors (Lipinski definition) is 1. The van der Waals surface area contributed by atoms with Gasteiger partial charge in [-0.05, 0) is 20.9 Å². The van der Waals surface area contributed by atoms with Gasteiger partial charge in [-0.15, -0.1) is 0 Å². The summed E-state index contributed by atoms with van der Waals surface area (Å²) < 4.78 is 31.2. The third-order valence-electron chi connectivity index (χ3n) is 1.83. The molecule has 1 aromatic rings. The number of nitrogens with one attached hydrogen (secondary N) is 1. The highest BCUT2D eigenvalue weighted by Crippen LogP contribution is 2.20. The van der Waals surface area contributed by atoms with Crippen molar-refractivity contribution in [1.29, 1.82) is 0 Å². The smallest absolute Gasteiger partial charge is 0.129 e. The maximum atomic E-state index is 12.9. The molecule has 84 valence electrons. The van der Waals surface area contributed by atoms with E-state index in [9.17, 15) is 8.78 Å². The van der Waals surface area contributed by atoms with Gasteiger partial charge >= 0.3 is 0 Å². The van der Waals surface area contributed by atoms with Crippen LogP contribution in [0.25, 0.3) is 0 Å². The molecule has 0 saturated carbocycles. The molecular weight excluding hydrogens is 200 g/mol. The molecule has 0 aliphatic carbocycles. The van der Waals surface area contributed by atoms with Crippen LogP contribution in [-0.2, 0) is 0 Å². The number of halogens is 2. The maximum absolute atomic E-state index is 12.9. The second-order valence-corrected chi connectivity index (χ2v) is 4.00. The van der Waals surface area contributed by atoms with Crippen LogP contribution in [0.4, 0.5) is 8.78 Å². The van der Waals surface area contributed by atoms with Gasteiger partial charge in [0.1, 0.15) is 23.0 Å². The predicted molar refractivity (Wildman–Crippen MR) is 55.0 cm³/mol. The Kier molecular flexibility index (Phi) is 3.63. The molecule has 2 nitrogen and oxygen atoms in total. The quantitative estimate of drug-likeness (QED) is 0.832. The van der Waals surface area contributed by atoms with Crippen molar-refractivity contribution in [3.63, 3.8) is 0 Å². The molecule has 0 aliphatic rings. The first kappa shape index (κ1) is 11.9. The summed E-state index contributed by atoms with van der Waals surface area (Å²) in [6, 6.07) is 3.15. The lowest BCUT2D eigenvalue weighted by atomic mass is 10.1. The van der Waals surface area contributed by atoms with Gasteiger partial charge in [0.15, 0.2) is 0 Å². The standard InChI is InChI=1S/C11H15F2NO/c1-11(2,7-14-3)15-10-5-8(12)4-9(13)6-10/h4-6,14H,7H2,1-3H3. The maximum Gasteiger partial charge on any atom is 0.129 e. The van der Waals surface area contributed by atoms with Crippen molar-refractivity contribution >= 4 is 0 Å². The first-order valence-electron chi connectivity index (χ1n) is 4.73. The van der Waals surface area contributed by atoms with Gasteiger partial charge in [-0.2, -0.15) is 0 Å². The van der Waals surface area contributed by atoms with E-state index in [-0.39, 0.29) is 5.75 Å². The van der Waals surface area contributed by atoms with Gasteiger partial charge in [-0.3, -0.25) is 0 Å². The van der Waals surface area contributed by atoms with E-state index in [1.54, 1.807) is 7.05 Å². The minimum atomic E-state index is -0.634. The van der Waals surface area contributed by atoms with Crippen molar-refractivity contribution < 1.29 is 13.5 Å². The Hall–Kier alpha value is -1.16. The van der Waals surface area contributed by atoms with Gasteiger partial charge in [-0.25, -0.2) is 8.78 Å². The molecule has 1 aromatic carbocycles. The van der Waals surface area contributed by atoms with Crippen LogP contribution < -0.4 is 10.1 Å². The molecule has 1 rings (SSSR count). The fourth-order valence-corrected chi connectivity index (χ4v) is 1.37. The highest BCUT2D eigenvalue weighted by Gasteiger charge is 2.19. The van der Waals surface area contributed by atoms with E-state index in [0.29, 0.717) is 6.54 Å². The summed E-state index contributed by atoms with van der Waals surface area (Å²) in [5.74, 6) is -1.07. The van der Waals surface area contributed by atoms with Crippen molar-refractivity contribution in [2.75, 3.05) is 13.6 Å². The van der Waals surface area contributed by atoms with Gasteiger partial charge in [0, 0.05) is 24.7 Å². The molecule has 15 heavy (non-hydrogen) atoms. The van der Waals surface area contributed by atoms with Crippen LogP contribution in [0.5, 0.6) is 5.75 Å². The Bertz CT molecular complexity index is 319. The average molecular weight is 215 g/mol. The van der Waals surface area contributed by atoms with Crippen LogP contribution in [0.15, 0.2) is 18.2 Å². The van der Waals surface area contributed by atoms with Crippen LogP contribution >= 0.6 is 0 Å². The van der Waals surface area contributed by atoms with E-state index in [4.69, 9.17) is 4.74 Å². The SMILES string of the molecule is CNCC(C)(C)Oc1cc(F)cc(F)c1. The second-order valence-electron chi connectivity index (χ2n) is 4.00. The molecule has 0 atom stereocenters. The van der Waals surface area contributed by atoms with Gasteiger partial charge < -0.3 is 10.1 Å². The molecular formula is C11H15F2NO. The molecule has 1 N–H and O–H groups in total. The van der Waals surface area contributed by atoms with Crippen LogP contribution in [0, 0.1) is 11.6 Å². The molecule has 0 fully saturated rings. The van der Waals surface area contributed by atoms with E-state index in [1.165, 1.54) is 12.1 Å². The molecule has 0 aliphatic heterocycles. The zero-order chi connectivity index (χ0) is 11.5. The van der Waals surface area contributed by atoms with Crippen molar-refractivity contribution in [2.45, 2.75) is 19.4 Å². The Balaban J connectivity index is 2.80. The molecule has 0 saturated heterocycles. The topological polar surface area (TPSA) is 21.3 Å². The molecule has 0 radical (unpaired) electrons. The fraction of sp³-hybridized carbons (Fsp3) is 0.455. The minimum Gasteiger partial charge on any atom is -0.486 e. The Morgan fingerprint density at radius 3 is 2.20 bits per heavy atom. The summed E-state index contributed by atoms with van der Waals surface area (Å²) in [7, 11) is 1.79. The molecule has 0 amide bonds. The first-order valence-corrected chi connectivity index (χ1v) is 4.73. The van der Waals surface area contributed by atoms with Crippen molar-refractivity contribution in [3.8, 4) is 5.75 Å². The first-order chi connectivity index (χ1) is 6.93. The van der Waals surface area contributed by atoms with Crippen molar-refractivity contribution in [1.82, 2.24) is 5.32 Å². The van der Waals surface area contributed by atoms with E-state index in [2.05, 4.69) is 5.32 Å². The summed E-state index contributed by atoms with van der Waals surface area (Å²) in [6.07, 6.45) is 0. The number of rotatable bonds is 4. The Morgan fingerprint density at radius 1 is 1.20 bits per heavy atom. The molecule has 0 heterocycles. The zero-order valence-corrected chi connectivity index (χ0v) is 9.10. The van der Waals surface area contributed by atoms with Crippen LogP contribution in [0.2, 0.25) is 0 Å². The van der Waals surface area contributed by atoms with Crippen LogP contribution in [-0.4, -0.2) is 19.2 Å². The molecule has 0 aromatic heterocycles. The van der Waals surface area contributed by atoms with Gasteiger partial charge in [0.25, 0.3) is 0 Å². The molecule has 0 spiro atoms. The monoisotopic (exact) mass is 215 g/mol. The van der Waals surface area contributed by atoms with E-state index in [1.807, 2.05) is 13.8 Å². The number of benzene rings is 1. The molecule has 0 unspecified atom stereocenters. The number of hydrogen-bond acceptors (Lipinski definition) is 2. The highest BCUT2D eigenvalue weighted by molar-refractivity contribution is 5.24. The Labute approximate surface area is 88.3 Å². The lowest BCUT2D eigenvalue weighted by molar-refractivity contribution is 0.109. The van der Waals surface area contributed by atoms with Crippen molar-refractivity contribution in [3.05, 3.63) is 29.8 Å². The third kappa shape index (κ3) is 3.83. The minimum absolute atomic E-state index is 0.202. The normalized spacial score (nSPS) is 11.5. The van der Waals surface area contributed by atoms with Gasteiger partial charge in [0.2, 0.25) is 0 Å². The third-order valence-corrected chi connectivity index (χ3v) is 1.83. The largest absolute Gasteiger partial charge is 0.486 e. The lowest BCUT2D eigenvalue weighted by Gasteiger charge is -2.26. The predicted octanol–water partition coefficient (Wildman–Crippen LogP) is 2.34. The summed E-state index contributed by atoms with van der Waals surface area (Å²) in [5, 5.41) is 2.94. The van der Waals surface area contributed by atoms with E-state index in [0.717, 1.165) is 6.07 Å². The zero-order valence-electron chi connectivity index (χ0n) is 9.10. The van der Waals surface area contributed by atoms with E-state index < -0.39 is 17.2 Å². The summed E-state index contributed by atoms with van der Waals surface area (Å²) in [6.45, 7) is 4.27. The molecule has 4 heteroatoms. The number of likely N-dealkylation sites (N-methyl/N-ethyl adjacent to an activating group) is 1. The molecule has 0 bridgehead atoms. The van der Waals surface area contributed by atoms with Gasteiger partial charge in [-0.1, -0.05) is 0 Å². The second kappa shape index (κ2) is 4.57.